The maximum Gasteiger partial charge on any atom is 0.270 e. The second kappa shape index (κ2) is 5.68. The van der Waals surface area contributed by atoms with Gasteiger partial charge < -0.3 is 15.2 Å². The molecule has 0 radical (unpaired) electrons. The average molecular weight is 265 g/mol. The molecule has 1 unspecified atom stereocenters. The fourth-order valence-corrected chi connectivity index (χ4v) is 2.08. The van der Waals surface area contributed by atoms with Crippen LogP contribution in [0.3, 0.4) is 0 Å². The molecule has 19 heavy (non-hydrogen) atoms. The lowest BCUT2D eigenvalue weighted by Crippen LogP contribution is -2.43. The van der Waals surface area contributed by atoms with E-state index in [1.807, 2.05) is 17.8 Å². The van der Waals surface area contributed by atoms with Gasteiger partial charge in [0, 0.05) is 25.8 Å². The predicted molar refractivity (Wildman–Crippen MR) is 80.1 cm³/mol. The van der Waals surface area contributed by atoms with Crippen molar-refractivity contribution in [2.45, 2.75) is 53.6 Å². The first-order valence-corrected chi connectivity index (χ1v) is 6.91. The number of nitrogens with zero attached hydrogens (tertiary/aromatic N) is 2. The summed E-state index contributed by atoms with van der Waals surface area (Å²) in [6, 6.07) is 1.93. The van der Waals surface area contributed by atoms with Crippen LogP contribution in [-0.2, 0) is 6.54 Å². The molecule has 0 aliphatic carbocycles. The molecule has 1 aromatic rings. The minimum Gasteiger partial charge on any atom is -0.397 e. The van der Waals surface area contributed by atoms with E-state index in [-0.39, 0.29) is 17.4 Å². The first kappa shape index (κ1) is 15.6. The third-order valence-corrected chi connectivity index (χ3v) is 3.76. The molecule has 0 bridgehead atoms. The first-order valence-electron chi connectivity index (χ1n) is 6.91. The van der Waals surface area contributed by atoms with Crippen LogP contribution >= 0.6 is 0 Å². The molecule has 1 rings (SSSR count). The van der Waals surface area contributed by atoms with Gasteiger partial charge in [-0.05, 0) is 24.8 Å². The van der Waals surface area contributed by atoms with Gasteiger partial charge in [-0.25, -0.2) is 0 Å². The molecule has 2 N–H and O–H groups in total. The molecule has 0 saturated carbocycles. The standard InChI is InChI=1S/C15H27N3O/c1-7-8-18-10-12(16)9-13(18)14(19)17(6)11(2)15(3,4)5/h9-11H,7-8,16H2,1-6H3. The van der Waals surface area contributed by atoms with Crippen molar-refractivity contribution in [2.75, 3.05) is 12.8 Å². The van der Waals surface area contributed by atoms with Crippen molar-refractivity contribution in [3.63, 3.8) is 0 Å². The van der Waals surface area contributed by atoms with E-state index in [1.165, 1.54) is 0 Å². The van der Waals surface area contributed by atoms with Gasteiger partial charge in [-0.15, -0.1) is 0 Å². The van der Waals surface area contributed by atoms with Gasteiger partial charge in [-0.2, -0.15) is 0 Å². The van der Waals surface area contributed by atoms with Crippen LogP contribution in [0.1, 0.15) is 51.5 Å². The highest BCUT2D eigenvalue weighted by Gasteiger charge is 2.28. The van der Waals surface area contributed by atoms with E-state index in [0.717, 1.165) is 13.0 Å². The number of nitrogen functional groups attached to an aromatic ring is 1. The summed E-state index contributed by atoms with van der Waals surface area (Å²) >= 11 is 0. The molecule has 1 amide bonds. The van der Waals surface area contributed by atoms with Crippen LogP contribution in [-0.4, -0.2) is 28.5 Å². The zero-order valence-electron chi connectivity index (χ0n) is 13.0. The van der Waals surface area contributed by atoms with E-state index in [9.17, 15) is 4.79 Å². The van der Waals surface area contributed by atoms with E-state index in [4.69, 9.17) is 5.73 Å². The minimum atomic E-state index is 0.0348. The van der Waals surface area contributed by atoms with Gasteiger partial charge in [-0.3, -0.25) is 4.79 Å². The molecule has 0 fully saturated rings. The largest absolute Gasteiger partial charge is 0.397 e. The number of aryl methyl sites for hydroxylation is 1. The highest BCUT2D eigenvalue weighted by Crippen LogP contribution is 2.25. The Bertz CT molecular complexity index is 443. The van der Waals surface area contributed by atoms with E-state index < -0.39 is 0 Å². The molecule has 0 aliphatic rings. The zero-order chi connectivity index (χ0) is 14.8. The number of nitrogens with two attached hydrogens (primary N) is 1. The molecule has 1 heterocycles. The highest BCUT2D eigenvalue weighted by atomic mass is 16.2. The monoisotopic (exact) mass is 265 g/mol. The Morgan fingerprint density at radius 1 is 1.47 bits per heavy atom. The zero-order valence-corrected chi connectivity index (χ0v) is 13.0. The summed E-state index contributed by atoms with van der Waals surface area (Å²) in [6.45, 7) is 11.4. The van der Waals surface area contributed by atoms with Gasteiger partial charge in [0.1, 0.15) is 5.69 Å². The van der Waals surface area contributed by atoms with Crippen molar-refractivity contribution in [2.24, 2.45) is 5.41 Å². The van der Waals surface area contributed by atoms with Crippen molar-refractivity contribution >= 4 is 11.6 Å². The summed E-state index contributed by atoms with van der Waals surface area (Å²) < 4.78 is 1.95. The van der Waals surface area contributed by atoms with Crippen LogP contribution in [0.15, 0.2) is 12.3 Å². The molecule has 0 spiro atoms. The average Bonchev–Trinajstić information content (AvgIpc) is 2.66. The van der Waals surface area contributed by atoms with E-state index in [0.29, 0.717) is 11.4 Å². The number of hydrogen-bond acceptors (Lipinski definition) is 2. The SMILES string of the molecule is CCCn1cc(N)cc1C(=O)N(C)C(C)C(C)(C)C. The van der Waals surface area contributed by atoms with Crippen LogP contribution in [0.25, 0.3) is 0 Å². The lowest BCUT2D eigenvalue weighted by atomic mass is 9.87. The quantitative estimate of drug-likeness (QED) is 0.910. The Morgan fingerprint density at radius 3 is 2.53 bits per heavy atom. The van der Waals surface area contributed by atoms with Crippen molar-refractivity contribution < 1.29 is 4.79 Å². The molecule has 0 aliphatic heterocycles. The van der Waals surface area contributed by atoms with Gasteiger partial charge >= 0.3 is 0 Å². The van der Waals surface area contributed by atoms with E-state index >= 15 is 0 Å². The van der Waals surface area contributed by atoms with Crippen LogP contribution in [0.2, 0.25) is 0 Å². The second-order valence-corrected chi connectivity index (χ2v) is 6.31. The molecule has 4 heteroatoms. The first-order chi connectivity index (χ1) is 8.68. The third kappa shape index (κ3) is 3.52. The fourth-order valence-electron chi connectivity index (χ4n) is 2.08. The van der Waals surface area contributed by atoms with E-state index in [2.05, 4.69) is 34.6 Å². The molecule has 1 atom stereocenters. The van der Waals surface area contributed by atoms with Crippen molar-refractivity contribution in [1.82, 2.24) is 9.47 Å². The Morgan fingerprint density at radius 2 is 2.05 bits per heavy atom. The number of carbonyl (C=O) groups excluding carboxylic acids is 1. The molecule has 0 saturated heterocycles. The third-order valence-electron chi connectivity index (χ3n) is 3.76. The molecular formula is C15H27N3O. The summed E-state index contributed by atoms with van der Waals surface area (Å²) in [4.78, 5) is 14.4. The van der Waals surface area contributed by atoms with Gasteiger partial charge in [0.25, 0.3) is 5.91 Å². The van der Waals surface area contributed by atoms with Crippen molar-refractivity contribution in [3.8, 4) is 0 Å². The van der Waals surface area contributed by atoms with E-state index in [1.54, 1.807) is 11.0 Å². The molecular weight excluding hydrogens is 238 g/mol. The Balaban J connectivity index is 3.00. The predicted octanol–water partition coefficient (Wildman–Crippen LogP) is 2.99. The number of amides is 1. The maximum absolute atomic E-state index is 12.6. The Kier molecular flexibility index (Phi) is 4.66. The topological polar surface area (TPSA) is 51.3 Å². The molecule has 1 aromatic heterocycles. The molecule has 0 aromatic carbocycles. The van der Waals surface area contributed by atoms with Crippen LogP contribution < -0.4 is 5.73 Å². The number of aromatic nitrogens is 1. The Labute approximate surface area is 116 Å². The van der Waals surface area contributed by atoms with Gasteiger partial charge in [0.15, 0.2) is 0 Å². The maximum atomic E-state index is 12.6. The summed E-state index contributed by atoms with van der Waals surface area (Å²) in [5.41, 5.74) is 7.20. The second-order valence-electron chi connectivity index (χ2n) is 6.31. The van der Waals surface area contributed by atoms with Gasteiger partial charge in [0.05, 0.1) is 5.69 Å². The van der Waals surface area contributed by atoms with Crippen LogP contribution in [0.5, 0.6) is 0 Å². The fraction of sp³-hybridized carbons (Fsp3) is 0.667. The number of anilines is 1. The summed E-state index contributed by atoms with van der Waals surface area (Å²) in [6.07, 6.45) is 2.82. The van der Waals surface area contributed by atoms with Crippen LogP contribution in [0, 0.1) is 5.41 Å². The summed E-state index contributed by atoms with van der Waals surface area (Å²) in [5, 5.41) is 0. The minimum absolute atomic E-state index is 0.0348. The van der Waals surface area contributed by atoms with Gasteiger partial charge in [-0.1, -0.05) is 27.7 Å². The lowest BCUT2D eigenvalue weighted by Gasteiger charge is -2.35. The van der Waals surface area contributed by atoms with Crippen molar-refractivity contribution in [1.29, 1.82) is 0 Å². The van der Waals surface area contributed by atoms with Crippen molar-refractivity contribution in [3.05, 3.63) is 18.0 Å². The highest BCUT2D eigenvalue weighted by molar-refractivity contribution is 5.93. The van der Waals surface area contributed by atoms with Gasteiger partial charge in [0.2, 0.25) is 0 Å². The number of rotatable bonds is 4. The number of hydrogen-bond donors (Lipinski definition) is 1. The summed E-state index contributed by atoms with van der Waals surface area (Å²) in [7, 11) is 1.86. The Hall–Kier alpha value is -1.45. The lowest BCUT2D eigenvalue weighted by molar-refractivity contribution is 0.0618. The normalized spacial score (nSPS) is 13.4. The molecule has 108 valence electrons. The molecule has 4 nitrogen and oxygen atoms in total. The smallest absolute Gasteiger partial charge is 0.270 e. The summed E-state index contributed by atoms with van der Waals surface area (Å²) in [5.74, 6) is 0.0348. The number of carbonyl (C=O) groups is 1. The van der Waals surface area contributed by atoms with Crippen LogP contribution in [0.4, 0.5) is 5.69 Å².